The van der Waals surface area contributed by atoms with Crippen molar-refractivity contribution in [1.29, 1.82) is 0 Å². The summed E-state index contributed by atoms with van der Waals surface area (Å²) in [4.78, 5) is 38.3. The first kappa shape index (κ1) is 22.1. The quantitative estimate of drug-likeness (QED) is 0.499. The molecule has 0 bridgehead atoms. The van der Waals surface area contributed by atoms with Crippen molar-refractivity contribution >= 4 is 22.5 Å². The maximum atomic E-state index is 13.3. The number of amides is 1. The smallest absolute Gasteiger partial charge is 0.323 e. The Morgan fingerprint density at radius 1 is 1.06 bits per heavy atom. The first-order chi connectivity index (χ1) is 15.7. The molecule has 0 radical (unpaired) electrons. The van der Waals surface area contributed by atoms with Crippen molar-refractivity contribution in [3.8, 4) is 5.69 Å². The van der Waals surface area contributed by atoms with Gasteiger partial charge in [0.2, 0.25) is 5.91 Å². The van der Waals surface area contributed by atoms with E-state index in [-0.39, 0.29) is 28.8 Å². The highest BCUT2D eigenvalue weighted by Gasteiger charge is 2.31. The van der Waals surface area contributed by atoms with E-state index in [1.165, 1.54) is 29.2 Å². The lowest BCUT2D eigenvalue weighted by Crippen LogP contribution is -2.41. The fraction of sp³-hybridized carbons (Fsp3) is 0.182. The number of hydrogen-bond acceptors (Lipinski definition) is 4. The van der Waals surface area contributed by atoms with Gasteiger partial charge < -0.3 is 5.32 Å². The van der Waals surface area contributed by atoms with Crippen LogP contribution in [0.3, 0.4) is 0 Å². The van der Waals surface area contributed by atoms with Gasteiger partial charge in [0.15, 0.2) is 0 Å². The normalized spacial score (nSPS) is 11.6. The van der Waals surface area contributed by atoms with E-state index in [1.54, 1.807) is 31.2 Å². The lowest BCUT2D eigenvalue weighted by Gasteiger charge is -2.16. The summed E-state index contributed by atoms with van der Waals surface area (Å²) in [6.45, 7) is 1.22. The number of para-hydroxylation sites is 1. The van der Waals surface area contributed by atoms with Gasteiger partial charge in [-0.05, 0) is 43.3 Å². The molecule has 170 valence electrons. The summed E-state index contributed by atoms with van der Waals surface area (Å²) in [7, 11) is 0. The van der Waals surface area contributed by atoms with Crippen LogP contribution in [0.1, 0.15) is 12.5 Å². The minimum absolute atomic E-state index is 0.0984. The van der Waals surface area contributed by atoms with Crippen LogP contribution in [-0.4, -0.2) is 24.8 Å². The molecule has 11 heteroatoms. The predicted molar refractivity (Wildman–Crippen MR) is 115 cm³/mol. The summed E-state index contributed by atoms with van der Waals surface area (Å²) in [5.74, 6) is -0.740. The third kappa shape index (κ3) is 4.16. The molecular weight excluding hydrogens is 439 g/mol. The number of nitrogens with zero attached hydrogens (tertiary/aromatic N) is 4. The number of rotatable bonds is 5. The monoisotopic (exact) mass is 457 g/mol. The Kier molecular flexibility index (Phi) is 5.62. The topological polar surface area (TPSA) is 90.9 Å². The molecule has 0 aliphatic heterocycles. The number of anilines is 1. The number of carbonyl (C=O) groups is 1. The Balaban J connectivity index is 1.76. The van der Waals surface area contributed by atoms with E-state index in [0.717, 1.165) is 21.3 Å². The third-order valence-electron chi connectivity index (χ3n) is 5.10. The molecule has 4 aromatic rings. The third-order valence-corrected chi connectivity index (χ3v) is 5.10. The van der Waals surface area contributed by atoms with E-state index < -0.39 is 35.4 Å². The highest BCUT2D eigenvalue weighted by Crippen LogP contribution is 2.33. The summed E-state index contributed by atoms with van der Waals surface area (Å²) in [6.07, 6.45) is -1.65. The second kappa shape index (κ2) is 8.41. The molecular formula is C22H18F3N5O3. The molecule has 0 unspecified atom stereocenters. The zero-order valence-electron chi connectivity index (χ0n) is 17.3. The molecule has 0 spiro atoms. The van der Waals surface area contributed by atoms with Gasteiger partial charge in [-0.25, -0.2) is 9.48 Å². The Labute approximate surface area is 184 Å². The van der Waals surface area contributed by atoms with Crippen LogP contribution in [0.2, 0.25) is 0 Å². The average molecular weight is 457 g/mol. The Morgan fingerprint density at radius 2 is 1.82 bits per heavy atom. The number of fused-ring (bicyclic) bond motifs is 1. The molecule has 33 heavy (non-hydrogen) atoms. The number of carbonyl (C=O) groups excluding carboxylic acids is 1. The number of alkyl halides is 3. The number of hydrogen-bond donors (Lipinski definition) is 1. The van der Waals surface area contributed by atoms with Crippen LogP contribution in [0.4, 0.5) is 18.9 Å². The van der Waals surface area contributed by atoms with Gasteiger partial charge in [0.05, 0.1) is 27.8 Å². The molecule has 0 fully saturated rings. The molecule has 1 amide bonds. The van der Waals surface area contributed by atoms with Gasteiger partial charge in [0.1, 0.15) is 6.54 Å². The molecule has 1 N–H and O–H groups in total. The molecule has 2 heterocycles. The number of halogens is 3. The first-order valence-corrected chi connectivity index (χ1v) is 9.94. The van der Waals surface area contributed by atoms with E-state index >= 15 is 0 Å². The van der Waals surface area contributed by atoms with Crippen molar-refractivity contribution in [1.82, 2.24) is 18.9 Å². The number of nitrogens with one attached hydrogen (secondary N) is 1. The molecule has 0 aliphatic carbocycles. The number of benzene rings is 2. The fourth-order valence-corrected chi connectivity index (χ4v) is 3.56. The van der Waals surface area contributed by atoms with Gasteiger partial charge >= 0.3 is 11.9 Å². The summed E-state index contributed by atoms with van der Waals surface area (Å²) >= 11 is 0. The van der Waals surface area contributed by atoms with Gasteiger partial charge in [0.25, 0.3) is 5.56 Å². The molecule has 4 rings (SSSR count). The summed E-state index contributed by atoms with van der Waals surface area (Å²) in [5.41, 5.74) is -1.77. The van der Waals surface area contributed by atoms with Crippen molar-refractivity contribution in [2.24, 2.45) is 0 Å². The zero-order chi connectivity index (χ0) is 23.8. The van der Waals surface area contributed by atoms with Gasteiger partial charge in [-0.2, -0.15) is 18.3 Å². The minimum atomic E-state index is -4.62. The Hall–Kier alpha value is -4.15. The average Bonchev–Trinajstić information content (AvgIpc) is 3.31. The molecule has 8 nitrogen and oxygen atoms in total. The molecule has 0 aliphatic rings. The van der Waals surface area contributed by atoms with E-state index in [4.69, 9.17) is 0 Å². The fourth-order valence-electron chi connectivity index (χ4n) is 3.56. The van der Waals surface area contributed by atoms with Gasteiger partial charge in [-0.15, -0.1) is 0 Å². The molecule has 2 aromatic heterocycles. The highest BCUT2D eigenvalue weighted by molar-refractivity contribution is 5.93. The number of aromatic nitrogens is 4. The second-order valence-corrected chi connectivity index (χ2v) is 7.16. The standard InChI is InChI=1S/C22H18F3N5O3/c1-2-28-20(32)15-6-3-4-7-17(15)29(21(28)33)13-19(31)27-16-12-14(22(23,24)25)8-9-18(16)30-11-5-10-26-30/h3-12H,2,13H2,1H3,(H,27,31). The largest absolute Gasteiger partial charge is 0.416 e. The van der Waals surface area contributed by atoms with Crippen molar-refractivity contribution in [3.63, 3.8) is 0 Å². The van der Waals surface area contributed by atoms with Crippen LogP contribution in [0.5, 0.6) is 0 Å². The zero-order valence-corrected chi connectivity index (χ0v) is 17.3. The molecule has 2 aromatic carbocycles. The highest BCUT2D eigenvalue weighted by atomic mass is 19.4. The van der Waals surface area contributed by atoms with Crippen molar-refractivity contribution in [3.05, 3.63) is 87.3 Å². The molecule has 0 saturated carbocycles. The van der Waals surface area contributed by atoms with E-state index in [9.17, 15) is 27.6 Å². The first-order valence-electron chi connectivity index (χ1n) is 9.94. The lowest BCUT2D eigenvalue weighted by atomic mass is 10.1. The van der Waals surface area contributed by atoms with Crippen LogP contribution >= 0.6 is 0 Å². The Morgan fingerprint density at radius 3 is 2.48 bits per heavy atom. The van der Waals surface area contributed by atoms with Crippen molar-refractivity contribution in [2.45, 2.75) is 26.2 Å². The van der Waals surface area contributed by atoms with Crippen LogP contribution in [0, 0.1) is 0 Å². The minimum Gasteiger partial charge on any atom is -0.323 e. The maximum Gasteiger partial charge on any atom is 0.416 e. The summed E-state index contributed by atoms with van der Waals surface area (Å²) in [6, 6.07) is 10.8. The SMILES string of the molecule is CCn1c(=O)c2ccccc2n(CC(=O)Nc2cc(C(F)(F)F)ccc2-n2cccn2)c1=O. The maximum absolute atomic E-state index is 13.3. The van der Waals surface area contributed by atoms with E-state index in [2.05, 4.69) is 10.4 Å². The van der Waals surface area contributed by atoms with Gasteiger partial charge in [0, 0.05) is 18.9 Å². The van der Waals surface area contributed by atoms with E-state index in [0.29, 0.717) is 0 Å². The van der Waals surface area contributed by atoms with Crippen LogP contribution in [0.25, 0.3) is 16.6 Å². The summed E-state index contributed by atoms with van der Waals surface area (Å²) < 4.78 is 43.2. The van der Waals surface area contributed by atoms with Crippen LogP contribution in [-0.2, 0) is 24.1 Å². The van der Waals surface area contributed by atoms with Crippen LogP contribution in [0.15, 0.2) is 70.5 Å². The summed E-state index contributed by atoms with van der Waals surface area (Å²) in [5, 5.41) is 6.72. The second-order valence-electron chi connectivity index (χ2n) is 7.16. The van der Waals surface area contributed by atoms with Crippen molar-refractivity contribution < 1.29 is 18.0 Å². The van der Waals surface area contributed by atoms with Gasteiger partial charge in [-0.1, -0.05) is 12.1 Å². The van der Waals surface area contributed by atoms with Crippen LogP contribution < -0.4 is 16.6 Å². The van der Waals surface area contributed by atoms with Crippen molar-refractivity contribution in [2.75, 3.05) is 5.32 Å². The Bertz CT molecular complexity index is 1450. The predicted octanol–water partition coefficient (Wildman–Crippen LogP) is 3.03. The van der Waals surface area contributed by atoms with E-state index in [1.807, 2.05) is 0 Å². The lowest BCUT2D eigenvalue weighted by molar-refractivity contribution is -0.137. The molecule has 0 saturated heterocycles. The van der Waals surface area contributed by atoms with Gasteiger partial charge in [-0.3, -0.25) is 18.7 Å². The molecule has 0 atom stereocenters.